The van der Waals surface area contributed by atoms with Gasteiger partial charge in [0, 0.05) is 46.0 Å². The molecule has 174 valence electrons. The first kappa shape index (κ1) is 24.2. The first-order valence-electron chi connectivity index (χ1n) is 10.3. The number of anilines is 2. The largest absolute Gasteiger partial charge is 0.457 e. The number of aryl methyl sites for hydroxylation is 1. The Bertz CT molecular complexity index is 1310. The van der Waals surface area contributed by atoms with E-state index in [4.69, 9.17) is 9.15 Å². The number of esters is 1. The van der Waals surface area contributed by atoms with Gasteiger partial charge in [0.15, 0.2) is 0 Å². The van der Waals surface area contributed by atoms with Crippen molar-refractivity contribution in [1.29, 1.82) is 0 Å². The number of fused-ring (bicyclic) bond motifs is 1. The van der Waals surface area contributed by atoms with E-state index < -0.39 is 17.0 Å². The zero-order valence-electron chi connectivity index (χ0n) is 19.4. The summed E-state index contributed by atoms with van der Waals surface area (Å²) in [5.74, 6) is -1.06. The highest BCUT2D eigenvalue weighted by atomic mass is 32.1. The molecule has 33 heavy (non-hydrogen) atoms. The van der Waals surface area contributed by atoms with Crippen molar-refractivity contribution in [2.24, 2.45) is 5.41 Å². The molecule has 3 rings (SSSR count). The summed E-state index contributed by atoms with van der Waals surface area (Å²) in [5, 5.41) is 6.48. The maximum atomic E-state index is 13.0. The lowest BCUT2D eigenvalue weighted by Gasteiger charge is -2.17. The van der Waals surface area contributed by atoms with Crippen LogP contribution in [0.3, 0.4) is 0 Å². The lowest BCUT2D eigenvalue weighted by molar-refractivity contribution is -0.123. The number of carbonyl (C=O) groups excluding carboxylic acids is 3. The molecular weight excluding hydrogens is 444 g/mol. The molecule has 0 radical (unpaired) electrons. The van der Waals surface area contributed by atoms with Crippen LogP contribution in [0.15, 0.2) is 33.5 Å². The number of benzene rings is 1. The van der Waals surface area contributed by atoms with Gasteiger partial charge in [0.25, 0.3) is 0 Å². The Labute approximate surface area is 194 Å². The van der Waals surface area contributed by atoms with Gasteiger partial charge in [-0.05, 0) is 31.5 Å². The van der Waals surface area contributed by atoms with Crippen molar-refractivity contribution in [3.63, 3.8) is 0 Å². The second-order valence-corrected chi connectivity index (χ2v) is 9.98. The molecule has 9 heteroatoms. The van der Waals surface area contributed by atoms with Gasteiger partial charge in [-0.2, -0.15) is 0 Å². The molecule has 1 aromatic carbocycles. The molecule has 0 bridgehead atoms. The Morgan fingerprint density at radius 1 is 1.09 bits per heavy atom. The van der Waals surface area contributed by atoms with Gasteiger partial charge in [-0.3, -0.25) is 9.59 Å². The molecular formula is C24H26N2O6S. The number of thiophene rings is 1. The van der Waals surface area contributed by atoms with Gasteiger partial charge in [0.2, 0.25) is 11.8 Å². The fraction of sp³-hybridized carbons (Fsp3) is 0.333. The van der Waals surface area contributed by atoms with Crippen LogP contribution < -0.4 is 16.3 Å². The molecule has 0 aliphatic carbocycles. The van der Waals surface area contributed by atoms with Crippen LogP contribution >= 0.6 is 11.3 Å². The Balaban J connectivity index is 1.87. The molecule has 0 atom stereocenters. The standard InChI is InChI=1S/C24H26N2O6S/c1-12-13(2)33-21(26-23(30)24(4,5)6)20(12)22(29)31-11-15-9-19(28)32-18-10-16(25-14(3)27)7-8-17(15)18/h7-10H,11H2,1-6H3,(H,25,27)(H,26,30). The van der Waals surface area contributed by atoms with Crippen LogP contribution in [0.4, 0.5) is 10.7 Å². The topological polar surface area (TPSA) is 115 Å². The van der Waals surface area contributed by atoms with Crippen LogP contribution in [0, 0.1) is 19.3 Å². The van der Waals surface area contributed by atoms with E-state index in [1.54, 1.807) is 39.8 Å². The van der Waals surface area contributed by atoms with Crippen molar-refractivity contribution < 1.29 is 23.5 Å². The van der Waals surface area contributed by atoms with E-state index in [1.165, 1.54) is 30.4 Å². The number of nitrogens with one attached hydrogen (secondary N) is 2. The SMILES string of the molecule is CC(=O)Nc1ccc2c(COC(=O)c3c(NC(=O)C(C)(C)C)sc(C)c3C)cc(=O)oc2c1. The monoisotopic (exact) mass is 470 g/mol. The second-order valence-electron chi connectivity index (χ2n) is 8.75. The van der Waals surface area contributed by atoms with Gasteiger partial charge in [-0.15, -0.1) is 11.3 Å². The molecule has 0 unspecified atom stereocenters. The fourth-order valence-electron chi connectivity index (χ4n) is 3.10. The van der Waals surface area contributed by atoms with Gasteiger partial charge in [-0.25, -0.2) is 9.59 Å². The average Bonchev–Trinajstić information content (AvgIpc) is 2.97. The van der Waals surface area contributed by atoms with Crippen LogP contribution in [-0.4, -0.2) is 17.8 Å². The Morgan fingerprint density at radius 2 is 1.79 bits per heavy atom. The quantitative estimate of drug-likeness (QED) is 0.410. The number of ether oxygens (including phenoxy) is 1. The minimum absolute atomic E-state index is 0.165. The summed E-state index contributed by atoms with van der Waals surface area (Å²) in [6, 6.07) is 6.15. The van der Waals surface area contributed by atoms with Crippen molar-refractivity contribution in [2.45, 2.75) is 48.1 Å². The summed E-state index contributed by atoms with van der Waals surface area (Å²) in [5.41, 5.74) is 1.02. The molecule has 0 saturated carbocycles. The number of hydrogen-bond donors (Lipinski definition) is 2. The van der Waals surface area contributed by atoms with Gasteiger partial charge < -0.3 is 19.8 Å². The highest BCUT2D eigenvalue weighted by Gasteiger charge is 2.27. The summed E-state index contributed by atoms with van der Waals surface area (Å²) in [4.78, 5) is 49.7. The minimum atomic E-state index is -0.625. The molecule has 2 aromatic heterocycles. The third kappa shape index (κ3) is 5.48. The molecule has 0 spiro atoms. The van der Waals surface area contributed by atoms with Crippen molar-refractivity contribution in [3.8, 4) is 0 Å². The molecule has 3 aromatic rings. The lowest BCUT2D eigenvalue weighted by Crippen LogP contribution is -2.28. The fourth-order valence-corrected chi connectivity index (χ4v) is 4.14. The predicted molar refractivity (Wildman–Crippen MR) is 128 cm³/mol. The lowest BCUT2D eigenvalue weighted by atomic mass is 9.96. The first-order valence-corrected chi connectivity index (χ1v) is 11.1. The average molecular weight is 471 g/mol. The summed E-state index contributed by atoms with van der Waals surface area (Å²) >= 11 is 1.31. The summed E-state index contributed by atoms with van der Waals surface area (Å²) in [6.07, 6.45) is 0. The Morgan fingerprint density at radius 3 is 2.42 bits per heavy atom. The third-order valence-electron chi connectivity index (χ3n) is 5.01. The van der Waals surface area contributed by atoms with Gasteiger partial charge in [0.1, 0.15) is 17.2 Å². The van der Waals surface area contributed by atoms with Crippen LogP contribution in [0.1, 0.15) is 54.1 Å². The van der Waals surface area contributed by atoms with Crippen LogP contribution in [0.2, 0.25) is 0 Å². The van der Waals surface area contributed by atoms with Crippen molar-refractivity contribution >= 4 is 50.8 Å². The van der Waals surface area contributed by atoms with Gasteiger partial charge in [-0.1, -0.05) is 20.8 Å². The van der Waals surface area contributed by atoms with E-state index in [0.717, 1.165) is 10.4 Å². The van der Waals surface area contributed by atoms with Crippen LogP contribution in [0.5, 0.6) is 0 Å². The third-order valence-corrected chi connectivity index (χ3v) is 6.13. The molecule has 2 N–H and O–H groups in total. The van der Waals surface area contributed by atoms with Crippen LogP contribution in [0.25, 0.3) is 11.0 Å². The maximum Gasteiger partial charge on any atom is 0.341 e. The smallest absolute Gasteiger partial charge is 0.341 e. The second kappa shape index (κ2) is 9.19. The maximum absolute atomic E-state index is 13.0. The highest BCUT2D eigenvalue weighted by molar-refractivity contribution is 7.16. The molecule has 2 heterocycles. The number of amides is 2. The zero-order valence-corrected chi connectivity index (χ0v) is 20.2. The first-order chi connectivity index (χ1) is 15.4. The molecule has 2 amide bonds. The van der Waals surface area contributed by atoms with E-state index in [-0.39, 0.29) is 24.0 Å². The predicted octanol–water partition coefficient (Wildman–Crippen LogP) is 4.77. The van der Waals surface area contributed by atoms with E-state index >= 15 is 0 Å². The van der Waals surface area contributed by atoms with Crippen LogP contribution in [-0.2, 0) is 20.9 Å². The van der Waals surface area contributed by atoms with E-state index in [2.05, 4.69) is 10.6 Å². The van der Waals surface area contributed by atoms with Gasteiger partial charge in [0.05, 0.1) is 5.56 Å². The molecule has 0 aliphatic rings. The summed E-state index contributed by atoms with van der Waals surface area (Å²) in [7, 11) is 0. The van der Waals surface area contributed by atoms with Crippen molar-refractivity contribution in [1.82, 2.24) is 0 Å². The minimum Gasteiger partial charge on any atom is -0.457 e. The Kier molecular flexibility index (Phi) is 6.73. The van der Waals surface area contributed by atoms with E-state index in [0.29, 0.717) is 27.2 Å². The number of carbonyl (C=O) groups is 3. The molecule has 0 aliphatic heterocycles. The Hall–Kier alpha value is -3.46. The normalized spacial score (nSPS) is 11.3. The molecule has 0 fully saturated rings. The van der Waals surface area contributed by atoms with Gasteiger partial charge >= 0.3 is 11.6 Å². The summed E-state index contributed by atoms with van der Waals surface area (Å²) in [6.45, 7) is 10.2. The number of rotatable bonds is 5. The molecule has 0 saturated heterocycles. The van der Waals surface area contributed by atoms with Crippen molar-refractivity contribution in [2.75, 3.05) is 10.6 Å². The zero-order chi connectivity index (χ0) is 24.5. The van der Waals surface area contributed by atoms with E-state index in [9.17, 15) is 19.2 Å². The molecule has 8 nitrogen and oxygen atoms in total. The van der Waals surface area contributed by atoms with E-state index in [1.807, 2.05) is 6.92 Å². The van der Waals surface area contributed by atoms with Crippen molar-refractivity contribution in [3.05, 3.63) is 56.3 Å². The number of hydrogen-bond acceptors (Lipinski definition) is 7. The highest BCUT2D eigenvalue weighted by Crippen LogP contribution is 2.34. The summed E-state index contributed by atoms with van der Waals surface area (Å²) < 4.78 is 10.8.